The maximum Gasteiger partial charge on any atom is 0.260 e. The van der Waals surface area contributed by atoms with Gasteiger partial charge < -0.3 is 5.32 Å². The molecule has 1 atom stereocenters. The lowest BCUT2D eigenvalue weighted by atomic mass is 10.0. The number of rotatable bonds is 7. The highest BCUT2D eigenvalue weighted by Crippen LogP contribution is 2.25. The van der Waals surface area contributed by atoms with Crippen LogP contribution in [0, 0.1) is 5.92 Å². The Morgan fingerprint density at radius 1 is 0.929 bits per heavy atom. The van der Waals surface area contributed by atoms with Gasteiger partial charge in [0.2, 0.25) is 0 Å². The van der Waals surface area contributed by atoms with E-state index in [9.17, 15) is 9.59 Å². The van der Waals surface area contributed by atoms with Crippen LogP contribution in [0.4, 0.5) is 5.69 Å². The summed E-state index contributed by atoms with van der Waals surface area (Å²) >= 11 is 23.9. The van der Waals surface area contributed by atoms with Crippen molar-refractivity contribution < 1.29 is 9.59 Å². The van der Waals surface area contributed by atoms with Gasteiger partial charge >= 0.3 is 0 Å². The summed E-state index contributed by atoms with van der Waals surface area (Å²) in [5.41, 5.74) is 6.02. The lowest BCUT2D eigenvalue weighted by Crippen LogP contribution is -2.49. The van der Waals surface area contributed by atoms with Gasteiger partial charge in [-0.2, -0.15) is 0 Å². The van der Waals surface area contributed by atoms with Crippen LogP contribution in [0.3, 0.4) is 0 Å². The average Bonchev–Trinajstić information content (AvgIpc) is 2.59. The highest BCUT2D eigenvalue weighted by atomic mass is 35.5. The summed E-state index contributed by atoms with van der Waals surface area (Å²) in [6.45, 7) is 3.90. The quantitative estimate of drug-likeness (QED) is 0.469. The number of amides is 2. The molecule has 2 aromatic carbocycles. The van der Waals surface area contributed by atoms with Crippen LogP contribution in [0.1, 0.15) is 30.6 Å². The van der Waals surface area contributed by atoms with Crippen molar-refractivity contribution in [3.8, 4) is 0 Å². The second-order valence-corrected chi connectivity index (χ2v) is 8.21. The van der Waals surface area contributed by atoms with Crippen LogP contribution in [0.2, 0.25) is 20.1 Å². The Morgan fingerprint density at radius 3 is 2.11 bits per heavy atom. The number of carbonyl (C=O) groups excluding carboxylic acids is 2. The molecule has 1 unspecified atom stereocenters. The standard InChI is InChI=1S/C19H19Cl4N3O2/c1-10(2)7-17(24-18(27)13-5-3-11(20)8-14(13)22)19(28)26-25-16-6-4-12(21)9-15(16)23/h3-6,8-10,17,25H,7H2,1-2H3,(H,24,27)(H,26,28). The third kappa shape index (κ3) is 6.45. The summed E-state index contributed by atoms with van der Waals surface area (Å²) in [6, 6.07) is 8.58. The molecule has 2 rings (SSSR count). The zero-order chi connectivity index (χ0) is 20.8. The molecule has 0 bridgehead atoms. The van der Waals surface area contributed by atoms with E-state index in [4.69, 9.17) is 46.4 Å². The molecule has 150 valence electrons. The van der Waals surface area contributed by atoms with E-state index in [1.807, 2.05) is 13.8 Å². The van der Waals surface area contributed by atoms with Crippen LogP contribution in [0.15, 0.2) is 36.4 Å². The third-order valence-corrected chi connectivity index (χ3v) is 4.85. The van der Waals surface area contributed by atoms with Crippen LogP contribution in [-0.4, -0.2) is 17.9 Å². The molecule has 28 heavy (non-hydrogen) atoms. The largest absolute Gasteiger partial charge is 0.340 e. The lowest BCUT2D eigenvalue weighted by Gasteiger charge is -2.21. The molecule has 0 heterocycles. The van der Waals surface area contributed by atoms with Gasteiger partial charge in [0, 0.05) is 10.0 Å². The van der Waals surface area contributed by atoms with Crippen molar-refractivity contribution in [2.45, 2.75) is 26.3 Å². The van der Waals surface area contributed by atoms with E-state index >= 15 is 0 Å². The predicted octanol–water partition coefficient (Wildman–Crippen LogP) is 5.59. The van der Waals surface area contributed by atoms with Gasteiger partial charge in [0.1, 0.15) is 6.04 Å². The van der Waals surface area contributed by atoms with Crippen LogP contribution >= 0.6 is 46.4 Å². The molecule has 0 aliphatic heterocycles. The van der Waals surface area contributed by atoms with Gasteiger partial charge in [0.05, 0.1) is 21.3 Å². The summed E-state index contributed by atoms with van der Waals surface area (Å²) in [7, 11) is 0. The van der Waals surface area contributed by atoms with Crippen LogP contribution < -0.4 is 16.2 Å². The van der Waals surface area contributed by atoms with Crippen molar-refractivity contribution in [2.75, 3.05) is 5.43 Å². The summed E-state index contributed by atoms with van der Waals surface area (Å²) in [4.78, 5) is 25.2. The first kappa shape index (κ1) is 22.6. The summed E-state index contributed by atoms with van der Waals surface area (Å²) in [6.07, 6.45) is 0.429. The SMILES string of the molecule is CC(C)CC(NC(=O)c1ccc(Cl)cc1Cl)C(=O)NNc1ccc(Cl)cc1Cl. The molecule has 3 N–H and O–H groups in total. The van der Waals surface area contributed by atoms with Crippen LogP contribution in [-0.2, 0) is 4.79 Å². The molecule has 0 aromatic heterocycles. The highest BCUT2D eigenvalue weighted by Gasteiger charge is 2.23. The van der Waals surface area contributed by atoms with Gasteiger partial charge in [-0.05, 0) is 48.7 Å². The second kappa shape index (κ2) is 10.2. The average molecular weight is 463 g/mol. The van der Waals surface area contributed by atoms with Crippen molar-refractivity contribution >= 4 is 63.9 Å². The molecule has 0 aliphatic carbocycles. The zero-order valence-electron chi connectivity index (χ0n) is 15.2. The minimum Gasteiger partial charge on any atom is -0.340 e. The minimum absolute atomic E-state index is 0.163. The lowest BCUT2D eigenvalue weighted by molar-refractivity contribution is -0.122. The molecule has 9 heteroatoms. The van der Waals surface area contributed by atoms with E-state index in [0.717, 1.165) is 0 Å². The molecular weight excluding hydrogens is 444 g/mol. The van der Waals surface area contributed by atoms with E-state index in [1.54, 1.807) is 24.3 Å². The topological polar surface area (TPSA) is 70.2 Å². The van der Waals surface area contributed by atoms with Gasteiger partial charge in [-0.15, -0.1) is 0 Å². The Labute approximate surface area is 183 Å². The Morgan fingerprint density at radius 2 is 1.54 bits per heavy atom. The molecule has 0 aliphatic rings. The van der Waals surface area contributed by atoms with E-state index in [2.05, 4.69) is 16.2 Å². The fraction of sp³-hybridized carbons (Fsp3) is 0.263. The first-order chi connectivity index (χ1) is 13.2. The van der Waals surface area contributed by atoms with Crippen LogP contribution in [0.5, 0.6) is 0 Å². The first-order valence-electron chi connectivity index (χ1n) is 8.44. The fourth-order valence-corrected chi connectivity index (χ4v) is 3.37. The van der Waals surface area contributed by atoms with Crippen molar-refractivity contribution in [3.63, 3.8) is 0 Å². The molecule has 0 fully saturated rings. The molecule has 2 amide bonds. The number of hydrogen-bond donors (Lipinski definition) is 3. The van der Waals surface area contributed by atoms with Gasteiger partial charge in [-0.25, -0.2) is 0 Å². The van der Waals surface area contributed by atoms with Crippen molar-refractivity contribution in [3.05, 3.63) is 62.1 Å². The number of hydrogen-bond acceptors (Lipinski definition) is 3. The first-order valence-corrected chi connectivity index (χ1v) is 9.95. The van der Waals surface area contributed by atoms with Gasteiger partial charge in [-0.1, -0.05) is 60.3 Å². The molecular formula is C19H19Cl4N3O2. The Kier molecular flexibility index (Phi) is 8.25. The van der Waals surface area contributed by atoms with Crippen molar-refractivity contribution in [1.82, 2.24) is 10.7 Å². The predicted molar refractivity (Wildman–Crippen MR) is 115 cm³/mol. The number of anilines is 1. The molecule has 5 nitrogen and oxygen atoms in total. The summed E-state index contributed by atoms with van der Waals surface area (Å²) < 4.78 is 0. The second-order valence-electron chi connectivity index (χ2n) is 6.52. The van der Waals surface area contributed by atoms with E-state index in [-0.39, 0.29) is 16.5 Å². The van der Waals surface area contributed by atoms with E-state index < -0.39 is 17.9 Å². The van der Waals surface area contributed by atoms with Gasteiger partial charge in [0.25, 0.3) is 11.8 Å². The molecule has 0 saturated carbocycles. The molecule has 0 radical (unpaired) electrons. The number of nitrogens with one attached hydrogen (secondary N) is 3. The Hall–Kier alpha value is -1.66. The zero-order valence-corrected chi connectivity index (χ0v) is 18.2. The van der Waals surface area contributed by atoms with Crippen molar-refractivity contribution in [2.24, 2.45) is 5.92 Å². The monoisotopic (exact) mass is 461 g/mol. The summed E-state index contributed by atoms with van der Waals surface area (Å²) in [5.74, 6) is -0.721. The molecule has 0 saturated heterocycles. The number of benzene rings is 2. The van der Waals surface area contributed by atoms with E-state index in [0.29, 0.717) is 27.2 Å². The minimum atomic E-state index is -0.780. The highest BCUT2D eigenvalue weighted by molar-refractivity contribution is 6.37. The Balaban J connectivity index is 2.09. The van der Waals surface area contributed by atoms with Gasteiger partial charge in [-0.3, -0.25) is 20.4 Å². The third-order valence-electron chi connectivity index (χ3n) is 3.76. The van der Waals surface area contributed by atoms with E-state index in [1.165, 1.54) is 12.1 Å². The number of carbonyl (C=O) groups is 2. The maximum atomic E-state index is 12.6. The normalized spacial score (nSPS) is 11.8. The number of hydrazine groups is 1. The number of halogens is 4. The molecule has 2 aromatic rings. The summed E-state index contributed by atoms with van der Waals surface area (Å²) in [5, 5.41) is 4.17. The van der Waals surface area contributed by atoms with Crippen LogP contribution in [0.25, 0.3) is 0 Å². The fourth-order valence-electron chi connectivity index (χ4n) is 2.42. The van der Waals surface area contributed by atoms with Crippen molar-refractivity contribution in [1.29, 1.82) is 0 Å². The Bertz CT molecular complexity index is 874. The van der Waals surface area contributed by atoms with Gasteiger partial charge in [0.15, 0.2) is 0 Å². The smallest absolute Gasteiger partial charge is 0.260 e. The maximum absolute atomic E-state index is 12.6. The molecule has 0 spiro atoms.